The predicted molar refractivity (Wildman–Crippen MR) is 104 cm³/mol. The molecule has 128 valence electrons. The van der Waals surface area contributed by atoms with Crippen LogP contribution < -0.4 is 28.5 Å². The molecule has 0 aliphatic heterocycles. The Kier molecular flexibility index (Phi) is 6.43. The van der Waals surface area contributed by atoms with Gasteiger partial charge in [-0.1, -0.05) is 42.5 Å². The molecule has 0 bridgehead atoms. The van der Waals surface area contributed by atoms with Gasteiger partial charge in [-0.3, -0.25) is 0 Å². The van der Waals surface area contributed by atoms with E-state index in [9.17, 15) is 0 Å². The third kappa shape index (κ3) is 4.21. The molecule has 0 N–H and O–H groups in total. The summed E-state index contributed by atoms with van der Waals surface area (Å²) in [5.74, 6) is 0. The van der Waals surface area contributed by atoms with Gasteiger partial charge in [0.15, 0.2) is 6.20 Å². The Morgan fingerprint density at radius 1 is 0.720 bits per heavy atom. The molecule has 2 heterocycles. The number of hydrogen-bond acceptors (Lipinski definition) is 1. The molecule has 2 aromatic carbocycles. The van der Waals surface area contributed by atoms with E-state index in [1.807, 2.05) is 11.3 Å². The van der Waals surface area contributed by atoms with Gasteiger partial charge < -0.3 is 24.0 Å². The van der Waals surface area contributed by atoms with E-state index in [0.717, 1.165) is 6.54 Å². The number of pyridine rings is 1. The summed E-state index contributed by atoms with van der Waals surface area (Å²) in [6.07, 6.45) is 7.21. The summed E-state index contributed by atoms with van der Waals surface area (Å²) in [5.41, 5.74) is 2.86. The Bertz CT molecular complexity index is 946. The molecule has 0 amide bonds. The van der Waals surface area contributed by atoms with Crippen molar-refractivity contribution in [1.29, 1.82) is 0 Å². The Labute approximate surface area is 170 Å². The second-order valence-electron chi connectivity index (χ2n) is 6.31. The topological polar surface area (TPSA) is 3.88 Å². The van der Waals surface area contributed by atoms with Gasteiger partial charge in [0.25, 0.3) is 0 Å². The van der Waals surface area contributed by atoms with Crippen LogP contribution >= 0.6 is 11.3 Å². The van der Waals surface area contributed by atoms with E-state index >= 15 is 0 Å². The van der Waals surface area contributed by atoms with Gasteiger partial charge in [-0.05, 0) is 43.0 Å². The number of hydrogen-bond donors (Lipinski definition) is 0. The van der Waals surface area contributed by atoms with Crippen LogP contribution in [0.5, 0.6) is 0 Å². The summed E-state index contributed by atoms with van der Waals surface area (Å²) in [6, 6.07) is 24.0. The quantitative estimate of drug-likeness (QED) is 0.237. The van der Waals surface area contributed by atoms with Crippen LogP contribution in [-0.2, 0) is 13.0 Å². The van der Waals surface area contributed by atoms with E-state index in [1.54, 1.807) is 0 Å². The van der Waals surface area contributed by atoms with Crippen LogP contribution in [0, 0.1) is 0 Å². The zero-order chi connectivity index (χ0) is 16.2. The highest BCUT2D eigenvalue weighted by molar-refractivity contribution is 7.25. The first kappa shape index (κ1) is 18.3. The van der Waals surface area contributed by atoms with Crippen LogP contribution in [0.2, 0.25) is 0 Å². The first-order valence-electron chi connectivity index (χ1n) is 8.75. The number of aryl methyl sites for hydroxylation is 2. The van der Waals surface area contributed by atoms with E-state index in [4.69, 9.17) is 0 Å². The van der Waals surface area contributed by atoms with Gasteiger partial charge in [0.2, 0.25) is 5.52 Å². The van der Waals surface area contributed by atoms with E-state index < -0.39 is 0 Å². The second kappa shape index (κ2) is 8.77. The number of nitrogens with zero attached hydrogens (tertiary/aromatic N) is 1. The van der Waals surface area contributed by atoms with Gasteiger partial charge in [-0.15, -0.1) is 11.3 Å². The second-order valence-corrected chi connectivity index (χ2v) is 7.39. The molecule has 25 heavy (non-hydrogen) atoms. The molecule has 4 aromatic rings. The monoisotopic (exact) mass is 459 g/mol. The van der Waals surface area contributed by atoms with Gasteiger partial charge in [0.1, 0.15) is 11.2 Å². The molecule has 0 atom stereocenters. The van der Waals surface area contributed by atoms with Crippen molar-refractivity contribution in [3.8, 4) is 0 Å². The lowest BCUT2D eigenvalue weighted by Crippen LogP contribution is -3.00. The van der Waals surface area contributed by atoms with Gasteiger partial charge in [-0.25, -0.2) is 0 Å². The van der Waals surface area contributed by atoms with Crippen molar-refractivity contribution >= 4 is 31.6 Å². The molecular formula is C22H22INS. The zero-order valence-electron chi connectivity index (χ0n) is 14.2. The average molecular weight is 459 g/mol. The lowest BCUT2D eigenvalue weighted by molar-refractivity contribution is -0.671. The standard InChI is InChI=1S/C22H22NS.HI/c1-3-10-18(11-4-1)12-5-2-8-16-23-17-9-15-21-22(23)19-13-6-7-14-20(19)24-21;/h1,3-4,6-7,9-11,13-15,17H,2,5,8,12,16H2;1H/q+1;/p-1. The van der Waals surface area contributed by atoms with Crippen LogP contribution in [0.3, 0.4) is 0 Å². The van der Waals surface area contributed by atoms with E-state index in [0.29, 0.717) is 0 Å². The molecule has 0 saturated carbocycles. The zero-order valence-corrected chi connectivity index (χ0v) is 17.2. The highest BCUT2D eigenvalue weighted by Gasteiger charge is 2.14. The van der Waals surface area contributed by atoms with Crippen LogP contribution in [0.4, 0.5) is 0 Å². The normalized spacial score (nSPS) is 10.9. The van der Waals surface area contributed by atoms with Gasteiger partial charge >= 0.3 is 0 Å². The highest BCUT2D eigenvalue weighted by Crippen LogP contribution is 2.31. The van der Waals surface area contributed by atoms with Crippen molar-refractivity contribution < 1.29 is 28.5 Å². The number of fused-ring (bicyclic) bond motifs is 3. The number of aromatic nitrogens is 1. The fraction of sp³-hybridized carbons (Fsp3) is 0.227. The van der Waals surface area contributed by atoms with Gasteiger partial charge in [-0.2, -0.15) is 4.57 Å². The summed E-state index contributed by atoms with van der Waals surface area (Å²) in [5, 5.41) is 1.39. The van der Waals surface area contributed by atoms with Crippen LogP contribution in [0.15, 0.2) is 72.9 Å². The Balaban J connectivity index is 0.00000182. The van der Waals surface area contributed by atoms with Crippen LogP contribution in [0.1, 0.15) is 24.8 Å². The first-order chi connectivity index (χ1) is 11.9. The molecule has 0 radical (unpaired) electrons. The lowest BCUT2D eigenvalue weighted by Gasteiger charge is -2.02. The highest BCUT2D eigenvalue weighted by atomic mass is 127. The summed E-state index contributed by atoms with van der Waals surface area (Å²) in [4.78, 5) is 0. The first-order valence-corrected chi connectivity index (χ1v) is 9.57. The Morgan fingerprint density at radius 2 is 1.48 bits per heavy atom. The van der Waals surface area contributed by atoms with Crippen molar-refractivity contribution in [2.45, 2.75) is 32.2 Å². The molecule has 0 saturated heterocycles. The van der Waals surface area contributed by atoms with E-state index in [1.165, 1.54) is 51.5 Å². The molecule has 2 aromatic heterocycles. The van der Waals surface area contributed by atoms with E-state index in [-0.39, 0.29) is 24.0 Å². The maximum absolute atomic E-state index is 2.44. The van der Waals surface area contributed by atoms with Gasteiger partial charge in [0.05, 0.1) is 5.39 Å². The third-order valence-electron chi connectivity index (χ3n) is 4.60. The maximum Gasteiger partial charge on any atom is 0.231 e. The SMILES string of the molecule is [I-].c1ccc(CCCCC[n+]2cccc3sc4ccccc4c32)cc1. The van der Waals surface area contributed by atoms with Gasteiger partial charge in [0, 0.05) is 17.2 Å². The summed E-state index contributed by atoms with van der Waals surface area (Å²) in [6.45, 7) is 1.10. The van der Waals surface area contributed by atoms with E-state index in [2.05, 4.69) is 77.5 Å². The predicted octanol–water partition coefficient (Wildman–Crippen LogP) is 2.76. The minimum Gasteiger partial charge on any atom is -1.00 e. The van der Waals surface area contributed by atoms with Crippen LogP contribution in [0.25, 0.3) is 20.3 Å². The largest absolute Gasteiger partial charge is 1.00 e. The summed E-state index contributed by atoms with van der Waals surface area (Å²) < 4.78 is 5.22. The molecular weight excluding hydrogens is 437 g/mol. The number of thiophene rings is 1. The molecule has 0 unspecified atom stereocenters. The minimum absolute atomic E-state index is 0. The lowest BCUT2D eigenvalue weighted by atomic mass is 10.1. The molecule has 0 aliphatic rings. The fourth-order valence-electron chi connectivity index (χ4n) is 3.39. The van der Waals surface area contributed by atoms with Crippen molar-refractivity contribution in [2.24, 2.45) is 0 Å². The molecule has 3 heteroatoms. The number of rotatable bonds is 6. The third-order valence-corrected chi connectivity index (χ3v) is 5.73. The van der Waals surface area contributed by atoms with Crippen molar-refractivity contribution in [3.63, 3.8) is 0 Å². The molecule has 4 rings (SSSR count). The molecule has 0 aliphatic carbocycles. The van der Waals surface area contributed by atoms with Crippen LogP contribution in [-0.4, -0.2) is 0 Å². The fourth-order valence-corrected chi connectivity index (χ4v) is 4.52. The molecule has 1 nitrogen and oxygen atoms in total. The summed E-state index contributed by atoms with van der Waals surface area (Å²) in [7, 11) is 0. The Hall–Kier alpha value is -1.46. The summed E-state index contributed by atoms with van der Waals surface area (Å²) >= 11 is 1.90. The molecule has 0 fully saturated rings. The van der Waals surface area contributed by atoms with Crippen molar-refractivity contribution in [2.75, 3.05) is 0 Å². The smallest absolute Gasteiger partial charge is 0.231 e. The molecule has 0 spiro atoms. The number of halogens is 1. The van der Waals surface area contributed by atoms with Crippen molar-refractivity contribution in [1.82, 2.24) is 0 Å². The van der Waals surface area contributed by atoms with Crippen molar-refractivity contribution in [3.05, 3.63) is 78.5 Å². The maximum atomic E-state index is 2.44. The number of benzene rings is 2. The average Bonchev–Trinajstić information content (AvgIpc) is 3.02. The Morgan fingerprint density at radius 3 is 2.36 bits per heavy atom. The number of unbranched alkanes of at least 4 members (excludes halogenated alkanes) is 2. The minimum atomic E-state index is 0.